The van der Waals surface area contributed by atoms with Gasteiger partial charge in [-0.1, -0.05) is 5.16 Å². The van der Waals surface area contributed by atoms with Crippen molar-refractivity contribution in [2.24, 2.45) is 0 Å². The molecule has 1 saturated heterocycles. The summed E-state index contributed by atoms with van der Waals surface area (Å²) in [5, 5.41) is 7.08. The number of anilines is 1. The quantitative estimate of drug-likeness (QED) is 0.679. The van der Waals surface area contributed by atoms with Gasteiger partial charge in [0.25, 0.3) is 0 Å². The van der Waals surface area contributed by atoms with Crippen LogP contribution in [0.15, 0.2) is 57.7 Å². The molecule has 1 unspecified atom stereocenters. The molecule has 2 aromatic heterocycles. The number of carbonyl (C=O) groups excluding carboxylic acids is 1. The molecule has 0 aliphatic carbocycles. The Morgan fingerprint density at radius 2 is 2.14 bits per heavy atom. The lowest BCUT2D eigenvalue weighted by atomic mass is 9.99. The van der Waals surface area contributed by atoms with Crippen LogP contribution < -0.4 is 10.1 Å². The Hall–Kier alpha value is -3.22. The number of carbonyl (C=O) groups is 1. The number of urea groups is 1. The normalized spacial score (nSPS) is 16.8. The largest absolute Gasteiger partial charge is 0.486 e. The molecule has 1 aliphatic heterocycles. The van der Waals surface area contributed by atoms with Gasteiger partial charge in [-0.15, -0.1) is 0 Å². The first-order chi connectivity index (χ1) is 13.7. The van der Waals surface area contributed by atoms with Gasteiger partial charge >= 0.3 is 6.03 Å². The number of likely N-dealkylation sites (tertiary alicyclic amines) is 1. The van der Waals surface area contributed by atoms with Crippen molar-refractivity contribution in [3.05, 3.63) is 65.9 Å². The van der Waals surface area contributed by atoms with Gasteiger partial charge < -0.3 is 23.9 Å². The standard InChI is InChI=1S/C21H23N3O4/c1-15-13-19(23-28-15)20-6-2-3-11-24(20)21(25)22-16-7-9-17(10-8-16)27-14-18-5-4-12-26-18/h4-5,7-10,12-13,20H,2-3,6,11,14H2,1H3,(H,22,25). The van der Waals surface area contributed by atoms with E-state index in [2.05, 4.69) is 10.5 Å². The van der Waals surface area contributed by atoms with Gasteiger partial charge in [-0.2, -0.15) is 0 Å². The summed E-state index contributed by atoms with van der Waals surface area (Å²) in [6.45, 7) is 2.93. The number of amides is 2. The molecule has 1 fully saturated rings. The van der Waals surface area contributed by atoms with Crippen molar-refractivity contribution in [1.82, 2.24) is 10.1 Å². The SMILES string of the molecule is Cc1cc(C2CCCCN2C(=O)Nc2ccc(OCc3ccco3)cc2)no1. The van der Waals surface area contributed by atoms with Crippen molar-refractivity contribution in [2.45, 2.75) is 38.8 Å². The Balaban J connectivity index is 1.38. The first-order valence-corrected chi connectivity index (χ1v) is 9.45. The Labute approximate surface area is 163 Å². The zero-order valence-electron chi connectivity index (χ0n) is 15.8. The summed E-state index contributed by atoms with van der Waals surface area (Å²) in [5.74, 6) is 2.23. The van der Waals surface area contributed by atoms with E-state index < -0.39 is 0 Å². The molecule has 0 radical (unpaired) electrons. The van der Waals surface area contributed by atoms with Gasteiger partial charge in [0, 0.05) is 18.3 Å². The van der Waals surface area contributed by atoms with Gasteiger partial charge in [-0.05, 0) is 62.6 Å². The molecule has 1 N–H and O–H groups in total. The van der Waals surface area contributed by atoms with Gasteiger partial charge in [-0.25, -0.2) is 4.79 Å². The number of furan rings is 1. The zero-order chi connectivity index (χ0) is 19.3. The first-order valence-electron chi connectivity index (χ1n) is 9.45. The van der Waals surface area contributed by atoms with Crippen LogP contribution in [0.3, 0.4) is 0 Å². The Bertz CT molecular complexity index is 902. The molecule has 0 spiro atoms. The molecule has 3 aromatic rings. The fourth-order valence-corrected chi connectivity index (χ4v) is 3.40. The lowest BCUT2D eigenvalue weighted by molar-refractivity contribution is 0.159. The third kappa shape index (κ3) is 4.19. The van der Waals surface area contributed by atoms with Crippen LogP contribution in [-0.2, 0) is 6.61 Å². The number of aryl methyl sites for hydroxylation is 1. The topological polar surface area (TPSA) is 80.7 Å². The number of hydrogen-bond acceptors (Lipinski definition) is 5. The lowest BCUT2D eigenvalue weighted by Crippen LogP contribution is -2.41. The van der Waals surface area contributed by atoms with E-state index in [0.29, 0.717) is 18.9 Å². The van der Waals surface area contributed by atoms with Gasteiger partial charge in [0.1, 0.15) is 29.6 Å². The van der Waals surface area contributed by atoms with Crippen LogP contribution in [0.25, 0.3) is 0 Å². The fourth-order valence-electron chi connectivity index (χ4n) is 3.40. The van der Waals surface area contributed by atoms with E-state index in [-0.39, 0.29) is 12.1 Å². The minimum atomic E-state index is -0.130. The third-order valence-corrected chi connectivity index (χ3v) is 4.82. The summed E-state index contributed by atoms with van der Waals surface area (Å²) in [4.78, 5) is 14.7. The second kappa shape index (κ2) is 8.21. The number of nitrogens with zero attached hydrogens (tertiary/aromatic N) is 2. The van der Waals surface area contributed by atoms with Crippen molar-refractivity contribution in [3.63, 3.8) is 0 Å². The van der Waals surface area contributed by atoms with Gasteiger partial charge in [0.05, 0.1) is 12.3 Å². The van der Waals surface area contributed by atoms with E-state index >= 15 is 0 Å². The Kier molecular flexibility index (Phi) is 5.32. The van der Waals surface area contributed by atoms with Gasteiger partial charge in [0.2, 0.25) is 0 Å². The molecule has 3 heterocycles. The van der Waals surface area contributed by atoms with Crippen LogP contribution in [0.4, 0.5) is 10.5 Å². The minimum absolute atomic E-state index is 0.0536. The molecule has 1 atom stereocenters. The maximum absolute atomic E-state index is 12.8. The van der Waals surface area contributed by atoms with Gasteiger partial charge in [0.15, 0.2) is 0 Å². The molecule has 0 saturated carbocycles. The van der Waals surface area contributed by atoms with Crippen molar-refractivity contribution in [2.75, 3.05) is 11.9 Å². The monoisotopic (exact) mass is 381 g/mol. The van der Waals surface area contributed by atoms with E-state index in [4.69, 9.17) is 13.7 Å². The molecule has 7 heteroatoms. The van der Waals surface area contributed by atoms with Crippen LogP contribution >= 0.6 is 0 Å². The summed E-state index contributed by atoms with van der Waals surface area (Å²) in [6.07, 6.45) is 4.56. The average Bonchev–Trinajstić information content (AvgIpc) is 3.39. The smallest absolute Gasteiger partial charge is 0.322 e. The molecule has 28 heavy (non-hydrogen) atoms. The molecule has 1 aromatic carbocycles. The van der Waals surface area contributed by atoms with Crippen molar-refractivity contribution in [1.29, 1.82) is 0 Å². The summed E-state index contributed by atoms with van der Waals surface area (Å²) in [5.41, 5.74) is 1.53. The number of benzene rings is 1. The fraction of sp³-hybridized carbons (Fsp3) is 0.333. The second-order valence-electron chi connectivity index (χ2n) is 6.89. The van der Waals surface area contributed by atoms with E-state index in [1.165, 1.54) is 0 Å². The highest BCUT2D eigenvalue weighted by atomic mass is 16.5. The predicted molar refractivity (Wildman–Crippen MR) is 103 cm³/mol. The van der Waals surface area contributed by atoms with Crippen molar-refractivity contribution < 1.29 is 18.5 Å². The second-order valence-corrected chi connectivity index (χ2v) is 6.89. The van der Waals surface area contributed by atoms with E-state index in [9.17, 15) is 4.79 Å². The molecule has 146 valence electrons. The van der Waals surface area contributed by atoms with E-state index in [1.54, 1.807) is 6.26 Å². The summed E-state index contributed by atoms with van der Waals surface area (Å²) in [7, 11) is 0. The number of ether oxygens (including phenoxy) is 1. The third-order valence-electron chi connectivity index (χ3n) is 4.82. The average molecular weight is 381 g/mol. The highest BCUT2D eigenvalue weighted by molar-refractivity contribution is 5.89. The molecular formula is C21H23N3O4. The van der Waals surface area contributed by atoms with Crippen LogP contribution in [-0.4, -0.2) is 22.6 Å². The van der Waals surface area contributed by atoms with E-state index in [0.717, 1.165) is 42.2 Å². The number of nitrogens with one attached hydrogen (secondary N) is 1. The number of rotatable bonds is 5. The lowest BCUT2D eigenvalue weighted by Gasteiger charge is -2.34. The molecule has 4 rings (SSSR count). The summed E-state index contributed by atoms with van der Waals surface area (Å²) in [6, 6.07) is 12.7. The van der Waals surface area contributed by atoms with Crippen LogP contribution in [0.1, 0.15) is 42.5 Å². The molecule has 0 bridgehead atoms. The predicted octanol–water partition coefficient (Wildman–Crippen LogP) is 4.91. The maximum atomic E-state index is 12.8. The summed E-state index contributed by atoms with van der Waals surface area (Å²) < 4.78 is 16.1. The van der Waals surface area contributed by atoms with Crippen LogP contribution in [0, 0.1) is 6.92 Å². The Morgan fingerprint density at radius 3 is 2.86 bits per heavy atom. The Morgan fingerprint density at radius 1 is 1.29 bits per heavy atom. The van der Waals surface area contributed by atoms with Crippen LogP contribution in [0.2, 0.25) is 0 Å². The van der Waals surface area contributed by atoms with Gasteiger partial charge in [-0.3, -0.25) is 0 Å². The first kappa shape index (κ1) is 18.2. The van der Waals surface area contributed by atoms with E-state index in [1.807, 2.05) is 54.3 Å². The maximum Gasteiger partial charge on any atom is 0.322 e. The molecule has 1 aliphatic rings. The van der Waals surface area contributed by atoms with Crippen molar-refractivity contribution >= 4 is 11.7 Å². The molecule has 7 nitrogen and oxygen atoms in total. The zero-order valence-corrected chi connectivity index (χ0v) is 15.8. The highest BCUT2D eigenvalue weighted by Gasteiger charge is 2.30. The number of aromatic nitrogens is 1. The highest BCUT2D eigenvalue weighted by Crippen LogP contribution is 2.31. The van der Waals surface area contributed by atoms with Crippen LogP contribution in [0.5, 0.6) is 5.75 Å². The minimum Gasteiger partial charge on any atom is -0.486 e. The molecule has 2 amide bonds. The van der Waals surface area contributed by atoms with Crippen molar-refractivity contribution in [3.8, 4) is 5.75 Å². The summed E-state index contributed by atoms with van der Waals surface area (Å²) >= 11 is 0. The number of piperidine rings is 1. The number of hydrogen-bond donors (Lipinski definition) is 1. The molecular weight excluding hydrogens is 358 g/mol.